The summed E-state index contributed by atoms with van der Waals surface area (Å²) >= 11 is 0. The molecule has 1 N–H and O–H groups in total. The Kier molecular flexibility index (Phi) is 5.93. The van der Waals surface area contributed by atoms with Crippen LogP contribution in [0, 0.1) is 5.92 Å². The van der Waals surface area contributed by atoms with Gasteiger partial charge < -0.3 is 15.1 Å². The Labute approximate surface area is 161 Å². The summed E-state index contributed by atoms with van der Waals surface area (Å²) < 4.78 is 0. The van der Waals surface area contributed by atoms with E-state index in [4.69, 9.17) is 0 Å². The van der Waals surface area contributed by atoms with Crippen LogP contribution >= 0.6 is 0 Å². The molecule has 27 heavy (non-hydrogen) atoms. The first-order valence-corrected chi connectivity index (χ1v) is 10.3. The molecule has 3 aliphatic rings. The number of carbonyl (C=O) groups excluding carboxylic acids is 3. The number of hydrogen-bond donors (Lipinski definition) is 1. The Morgan fingerprint density at radius 2 is 1.70 bits per heavy atom. The monoisotopic (exact) mass is 379 g/mol. The molecular weight excluding hydrogens is 346 g/mol. The molecule has 1 aliphatic carbocycles. The Morgan fingerprint density at radius 1 is 1.11 bits per heavy atom. The van der Waals surface area contributed by atoms with Crippen LogP contribution < -0.4 is 5.32 Å². The molecule has 2 aliphatic heterocycles. The van der Waals surface area contributed by atoms with Crippen LogP contribution in [0.25, 0.3) is 0 Å². The molecule has 2 saturated heterocycles. The first-order valence-electron chi connectivity index (χ1n) is 10.3. The zero-order valence-corrected chi connectivity index (χ0v) is 16.9. The van der Waals surface area contributed by atoms with Gasteiger partial charge in [0, 0.05) is 39.3 Å². The molecule has 1 spiro atoms. The lowest BCUT2D eigenvalue weighted by Crippen LogP contribution is -2.55. The van der Waals surface area contributed by atoms with Crippen molar-refractivity contribution < 1.29 is 14.4 Å². The standard InChI is InChI=1S/C19H33N5O3/c1-4-22(5-2)18(27)23-12-10-21(11-13-23)14-24-16(25)19(20-17(24)26)8-6-15(3)7-9-19/h15H,4-14H2,1-3H3,(H,20,26). The minimum atomic E-state index is -0.676. The van der Waals surface area contributed by atoms with E-state index in [1.807, 2.05) is 23.6 Å². The molecule has 0 unspecified atom stereocenters. The second-order valence-electron chi connectivity index (χ2n) is 8.13. The van der Waals surface area contributed by atoms with E-state index in [1.165, 1.54) is 4.90 Å². The predicted octanol–water partition coefficient (Wildman–Crippen LogP) is 1.52. The van der Waals surface area contributed by atoms with Gasteiger partial charge in [-0.15, -0.1) is 0 Å². The number of nitrogens with zero attached hydrogens (tertiary/aromatic N) is 4. The number of amides is 5. The lowest BCUT2D eigenvalue weighted by molar-refractivity contribution is -0.134. The van der Waals surface area contributed by atoms with Crippen molar-refractivity contribution in [3.05, 3.63) is 0 Å². The summed E-state index contributed by atoms with van der Waals surface area (Å²) in [5, 5.41) is 2.98. The van der Waals surface area contributed by atoms with Gasteiger partial charge in [-0.25, -0.2) is 14.5 Å². The minimum Gasteiger partial charge on any atom is -0.325 e. The molecule has 1 saturated carbocycles. The summed E-state index contributed by atoms with van der Waals surface area (Å²) in [7, 11) is 0. The maximum absolute atomic E-state index is 13.0. The average Bonchev–Trinajstić information content (AvgIpc) is 2.90. The van der Waals surface area contributed by atoms with Crippen LogP contribution in [0.5, 0.6) is 0 Å². The Morgan fingerprint density at radius 3 is 2.26 bits per heavy atom. The summed E-state index contributed by atoms with van der Waals surface area (Å²) in [6.07, 6.45) is 3.43. The quantitative estimate of drug-likeness (QED) is 0.752. The van der Waals surface area contributed by atoms with Crippen LogP contribution in [-0.4, -0.2) is 89.0 Å². The minimum absolute atomic E-state index is 0.0685. The highest BCUT2D eigenvalue weighted by molar-refractivity contribution is 6.07. The van der Waals surface area contributed by atoms with Gasteiger partial charge >= 0.3 is 12.1 Å². The number of piperazine rings is 1. The van der Waals surface area contributed by atoms with Crippen molar-refractivity contribution in [3.63, 3.8) is 0 Å². The van der Waals surface area contributed by atoms with Crippen molar-refractivity contribution in [2.24, 2.45) is 5.92 Å². The summed E-state index contributed by atoms with van der Waals surface area (Å²) in [4.78, 5) is 45.0. The van der Waals surface area contributed by atoms with E-state index in [2.05, 4.69) is 17.1 Å². The molecule has 0 aromatic rings. The van der Waals surface area contributed by atoms with Crippen LogP contribution in [0.4, 0.5) is 9.59 Å². The van der Waals surface area contributed by atoms with Gasteiger partial charge in [0.15, 0.2) is 0 Å². The molecule has 3 fully saturated rings. The largest absolute Gasteiger partial charge is 0.326 e. The smallest absolute Gasteiger partial charge is 0.325 e. The molecular formula is C19H33N5O3. The van der Waals surface area contributed by atoms with E-state index >= 15 is 0 Å². The Hall–Kier alpha value is -1.83. The first-order chi connectivity index (χ1) is 12.9. The van der Waals surface area contributed by atoms with Crippen LogP contribution in [0.1, 0.15) is 46.5 Å². The van der Waals surface area contributed by atoms with Crippen LogP contribution in [0.2, 0.25) is 0 Å². The van der Waals surface area contributed by atoms with E-state index < -0.39 is 5.54 Å². The number of carbonyl (C=O) groups is 3. The fourth-order valence-corrected chi connectivity index (χ4v) is 4.37. The third-order valence-corrected chi connectivity index (χ3v) is 6.39. The highest BCUT2D eigenvalue weighted by atomic mass is 16.2. The SMILES string of the molecule is CCN(CC)C(=O)N1CCN(CN2C(=O)NC3(CCC(C)CC3)C2=O)CC1. The summed E-state index contributed by atoms with van der Waals surface area (Å²) in [5.74, 6) is 0.548. The molecule has 5 amide bonds. The second kappa shape index (κ2) is 8.04. The second-order valence-corrected chi connectivity index (χ2v) is 8.13. The normalized spacial score (nSPS) is 29.4. The van der Waals surface area contributed by atoms with E-state index in [1.54, 1.807) is 0 Å². The van der Waals surface area contributed by atoms with Crippen molar-refractivity contribution in [2.75, 3.05) is 45.9 Å². The lowest BCUT2D eigenvalue weighted by atomic mass is 9.77. The van der Waals surface area contributed by atoms with E-state index in [0.29, 0.717) is 51.9 Å². The van der Waals surface area contributed by atoms with Crippen molar-refractivity contribution in [3.8, 4) is 0 Å². The molecule has 0 atom stereocenters. The first kappa shape index (κ1) is 19.9. The van der Waals surface area contributed by atoms with Crippen molar-refractivity contribution in [1.29, 1.82) is 0 Å². The molecule has 0 aromatic carbocycles. The molecule has 152 valence electrons. The van der Waals surface area contributed by atoms with Gasteiger partial charge in [-0.2, -0.15) is 0 Å². The molecule has 8 nitrogen and oxygen atoms in total. The highest BCUT2D eigenvalue weighted by Gasteiger charge is 2.52. The van der Waals surface area contributed by atoms with E-state index in [9.17, 15) is 14.4 Å². The summed E-state index contributed by atoms with van der Waals surface area (Å²) in [6.45, 7) is 10.5. The van der Waals surface area contributed by atoms with Crippen LogP contribution in [0.3, 0.4) is 0 Å². The van der Waals surface area contributed by atoms with Gasteiger partial charge in [0.1, 0.15) is 5.54 Å². The maximum Gasteiger partial charge on any atom is 0.326 e. The van der Waals surface area contributed by atoms with Gasteiger partial charge in [-0.3, -0.25) is 9.69 Å². The number of urea groups is 2. The van der Waals surface area contributed by atoms with Crippen molar-refractivity contribution in [2.45, 2.75) is 52.0 Å². The number of imide groups is 1. The van der Waals surface area contributed by atoms with Crippen LogP contribution in [-0.2, 0) is 4.79 Å². The third-order valence-electron chi connectivity index (χ3n) is 6.39. The summed E-state index contributed by atoms with van der Waals surface area (Å²) in [5.41, 5.74) is -0.676. The van der Waals surface area contributed by atoms with Crippen LogP contribution in [0.15, 0.2) is 0 Å². The molecule has 0 bridgehead atoms. The predicted molar refractivity (Wildman–Crippen MR) is 102 cm³/mol. The van der Waals surface area contributed by atoms with Gasteiger partial charge in [0.2, 0.25) is 0 Å². The van der Waals surface area contributed by atoms with Crippen molar-refractivity contribution in [1.82, 2.24) is 24.9 Å². The zero-order valence-electron chi connectivity index (χ0n) is 16.9. The molecule has 0 radical (unpaired) electrons. The zero-order chi connectivity index (χ0) is 19.6. The van der Waals surface area contributed by atoms with Gasteiger partial charge in [0.25, 0.3) is 5.91 Å². The summed E-state index contributed by atoms with van der Waals surface area (Å²) in [6, 6.07) is -0.193. The molecule has 2 heterocycles. The number of nitrogens with one attached hydrogen (secondary N) is 1. The molecule has 0 aromatic heterocycles. The third kappa shape index (κ3) is 3.90. The topological polar surface area (TPSA) is 76.2 Å². The van der Waals surface area contributed by atoms with Gasteiger partial charge in [-0.1, -0.05) is 6.92 Å². The number of rotatable bonds is 4. The Balaban J connectivity index is 1.54. The lowest BCUT2D eigenvalue weighted by Gasteiger charge is -2.38. The fraction of sp³-hybridized carbons (Fsp3) is 0.842. The van der Waals surface area contributed by atoms with Gasteiger partial charge in [0.05, 0.1) is 6.67 Å². The fourth-order valence-electron chi connectivity index (χ4n) is 4.37. The molecule has 8 heteroatoms. The van der Waals surface area contributed by atoms with Crippen molar-refractivity contribution >= 4 is 18.0 Å². The maximum atomic E-state index is 13.0. The Bertz CT molecular complexity index is 576. The van der Waals surface area contributed by atoms with E-state index in [0.717, 1.165) is 25.7 Å². The highest BCUT2D eigenvalue weighted by Crippen LogP contribution is 2.36. The van der Waals surface area contributed by atoms with Gasteiger partial charge in [-0.05, 0) is 45.4 Å². The number of hydrogen-bond acceptors (Lipinski definition) is 4. The molecule has 3 rings (SSSR count). The van der Waals surface area contributed by atoms with E-state index in [-0.39, 0.29) is 18.0 Å². The average molecular weight is 380 g/mol.